The maximum atomic E-state index is 5.49. The minimum atomic E-state index is 0.917. The highest BCUT2D eigenvalue weighted by Crippen LogP contribution is 2.43. The lowest BCUT2D eigenvalue weighted by molar-refractivity contribution is 1.28. The Morgan fingerprint density at radius 3 is 1.49 bits per heavy atom. The van der Waals surface area contributed by atoms with Crippen molar-refractivity contribution < 1.29 is 0 Å². The van der Waals surface area contributed by atoms with Crippen LogP contribution >= 0.6 is 0 Å². The van der Waals surface area contributed by atoms with E-state index in [-0.39, 0.29) is 0 Å². The van der Waals surface area contributed by atoms with Crippen molar-refractivity contribution in [3.8, 4) is 56.0 Å². The third-order valence-corrected chi connectivity index (χ3v) is 11.6. The number of pyridine rings is 2. The number of hydrogen-bond donors (Lipinski definition) is 0. The lowest BCUT2D eigenvalue weighted by Gasteiger charge is -2.25. The highest BCUT2D eigenvalue weighted by molar-refractivity contribution is 6.25. The highest BCUT2D eigenvalue weighted by atomic mass is 15.1. The number of rotatable bonds is 8. The molecule has 0 fully saturated rings. The molecule has 0 amide bonds. The Hall–Kier alpha value is -8.14. The van der Waals surface area contributed by atoms with Crippen LogP contribution in [0.1, 0.15) is 0 Å². The summed E-state index contributed by atoms with van der Waals surface area (Å²) in [5.41, 5.74) is 14.9. The lowest BCUT2D eigenvalue weighted by atomic mass is 9.91. The summed E-state index contributed by atoms with van der Waals surface area (Å²) in [6.45, 7) is 0. The fourth-order valence-corrected chi connectivity index (χ4v) is 8.70. The van der Waals surface area contributed by atoms with E-state index in [1.54, 1.807) is 0 Å². The molecule has 3 heteroatoms. The molecule has 2 heterocycles. The van der Waals surface area contributed by atoms with Gasteiger partial charge in [-0.3, -0.25) is 0 Å². The summed E-state index contributed by atoms with van der Waals surface area (Å²) >= 11 is 0. The predicted molar refractivity (Wildman–Crippen MR) is 256 cm³/mol. The van der Waals surface area contributed by atoms with E-state index < -0.39 is 0 Å². The molecule has 0 atom stereocenters. The van der Waals surface area contributed by atoms with Gasteiger partial charge < -0.3 is 4.90 Å². The molecule has 0 saturated carbocycles. The van der Waals surface area contributed by atoms with E-state index in [0.717, 1.165) is 89.4 Å². The Bertz CT molecular complexity index is 3210. The second kappa shape index (κ2) is 15.6. The molecule has 0 aliphatic rings. The summed E-state index contributed by atoms with van der Waals surface area (Å²) in [5.74, 6) is 0. The first kappa shape index (κ1) is 36.0. The Labute approximate surface area is 355 Å². The molecule has 3 nitrogen and oxygen atoms in total. The number of anilines is 3. The Kier molecular flexibility index (Phi) is 9.18. The summed E-state index contributed by atoms with van der Waals surface area (Å²) in [5, 5.41) is 5.78. The zero-order chi connectivity index (χ0) is 40.5. The molecule has 0 N–H and O–H groups in total. The lowest BCUT2D eigenvalue weighted by Crippen LogP contribution is -2.09. The van der Waals surface area contributed by atoms with Crippen molar-refractivity contribution in [2.45, 2.75) is 0 Å². The molecule has 2 aromatic heterocycles. The number of nitrogens with zero attached hydrogens (tertiary/aromatic N) is 3. The summed E-state index contributed by atoms with van der Waals surface area (Å²) in [7, 11) is 0. The molecule has 0 spiro atoms. The largest absolute Gasteiger partial charge is 0.311 e. The Balaban J connectivity index is 1.03. The average Bonchev–Trinajstić information content (AvgIpc) is 3.35. The summed E-state index contributed by atoms with van der Waals surface area (Å²) < 4.78 is 0. The van der Waals surface area contributed by atoms with Gasteiger partial charge in [-0.2, -0.15) is 0 Å². The van der Waals surface area contributed by atoms with E-state index >= 15 is 0 Å². The number of aromatic nitrogens is 2. The van der Waals surface area contributed by atoms with E-state index in [1.165, 1.54) is 16.2 Å². The van der Waals surface area contributed by atoms with E-state index in [0.29, 0.717) is 0 Å². The van der Waals surface area contributed by atoms with Crippen LogP contribution in [0.15, 0.2) is 237 Å². The van der Waals surface area contributed by atoms with Crippen LogP contribution in [0.4, 0.5) is 17.1 Å². The van der Waals surface area contributed by atoms with Gasteiger partial charge in [-0.15, -0.1) is 0 Å². The zero-order valence-electron chi connectivity index (χ0n) is 33.4. The van der Waals surface area contributed by atoms with Gasteiger partial charge in [0.1, 0.15) is 0 Å². The van der Waals surface area contributed by atoms with Crippen molar-refractivity contribution in [1.82, 2.24) is 9.97 Å². The SMILES string of the molecule is c1ccc(-c2cc(-c3ccccc3)nc(-c3cccc4nc(-c5ccc(-c6ccc(N(c7ccccc7)c7ccccc7)cc6)cc5)c5ccc6ccccc6c5c34)c2)cc1. The van der Waals surface area contributed by atoms with E-state index in [1.807, 2.05) is 6.07 Å². The Morgan fingerprint density at radius 2 is 0.820 bits per heavy atom. The molecule has 0 saturated heterocycles. The van der Waals surface area contributed by atoms with Gasteiger partial charge in [0, 0.05) is 49.9 Å². The molecule has 9 aromatic carbocycles. The van der Waals surface area contributed by atoms with Crippen molar-refractivity contribution in [3.63, 3.8) is 0 Å². The molecule has 11 aromatic rings. The minimum absolute atomic E-state index is 0.917. The quantitative estimate of drug-likeness (QED) is 0.144. The molecule has 61 heavy (non-hydrogen) atoms. The highest BCUT2D eigenvalue weighted by Gasteiger charge is 2.19. The van der Waals surface area contributed by atoms with Crippen molar-refractivity contribution in [3.05, 3.63) is 237 Å². The van der Waals surface area contributed by atoms with Crippen LogP contribution in [0.2, 0.25) is 0 Å². The van der Waals surface area contributed by atoms with E-state index in [9.17, 15) is 0 Å². The molecular weight excluding hydrogens is 739 g/mol. The van der Waals surface area contributed by atoms with Crippen LogP contribution < -0.4 is 4.90 Å². The average molecular weight is 778 g/mol. The molecule has 0 unspecified atom stereocenters. The summed E-state index contributed by atoms with van der Waals surface area (Å²) in [6.07, 6.45) is 0. The molecule has 0 aliphatic heterocycles. The predicted octanol–water partition coefficient (Wildman–Crippen LogP) is 15.7. The van der Waals surface area contributed by atoms with Gasteiger partial charge >= 0.3 is 0 Å². The molecule has 0 radical (unpaired) electrons. The molecular formula is C58H39N3. The molecule has 0 aliphatic carbocycles. The fraction of sp³-hybridized carbons (Fsp3) is 0. The number of benzene rings is 9. The fourth-order valence-electron chi connectivity index (χ4n) is 8.70. The van der Waals surface area contributed by atoms with Crippen molar-refractivity contribution in [2.75, 3.05) is 4.90 Å². The van der Waals surface area contributed by atoms with Gasteiger partial charge in [-0.1, -0.05) is 182 Å². The smallest absolute Gasteiger partial charge is 0.0788 e. The molecule has 286 valence electrons. The van der Waals surface area contributed by atoms with Gasteiger partial charge in [0.15, 0.2) is 0 Å². The number of fused-ring (bicyclic) bond motifs is 5. The third kappa shape index (κ3) is 6.78. The van der Waals surface area contributed by atoms with Gasteiger partial charge in [0.2, 0.25) is 0 Å². The zero-order valence-corrected chi connectivity index (χ0v) is 33.4. The van der Waals surface area contributed by atoms with Crippen LogP contribution in [0, 0.1) is 0 Å². The van der Waals surface area contributed by atoms with Gasteiger partial charge in [-0.05, 0) is 87.6 Å². The van der Waals surface area contributed by atoms with Crippen LogP contribution in [0.25, 0.3) is 88.5 Å². The van der Waals surface area contributed by atoms with Crippen molar-refractivity contribution in [2.24, 2.45) is 0 Å². The van der Waals surface area contributed by atoms with Gasteiger partial charge in [0.25, 0.3) is 0 Å². The third-order valence-electron chi connectivity index (χ3n) is 11.6. The topological polar surface area (TPSA) is 29.0 Å². The van der Waals surface area contributed by atoms with Crippen LogP contribution in [0.5, 0.6) is 0 Å². The molecule has 0 bridgehead atoms. The van der Waals surface area contributed by atoms with Crippen molar-refractivity contribution >= 4 is 49.5 Å². The van der Waals surface area contributed by atoms with Crippen LogP contribution in [0.3, 0.4) is 0 Å². The second-order valence-electron chi connectivity index (χ2n) is 15.4. The first-order chi connectivity index (χ1) is 30.2. The first-order valence-electron chi connectivity index (χ1n) is 20.7. The minimum Gasteiger partial charge on any atom is -0.311 e. The summed E-state index contributed by atoms with van der Waals surface area (Å²) in [4.78, 5) is 13.1. The van der Waals surface area contributed by atoms with Crippen LogP contribution in [-0.2, 0) is 0 Å². The number of hydrogen-bond acceptors (Lipinski definition) is 3. The normalized spacial score (nSPS) is 11.3. The second-order valence-corrected chi connectivity index (χ2v) is 15.4. The Morgan fingerprint density at radius 1 is 0.295 bits per heavy atom. The van der Waals surface area contributed by atoms with E-state index in [4.69, 9.17) is 9.97 Å². The standard InChI is InChI=1S/C58H39N3/c1-5-16-40(17-6-1)46-38-54(44-19-7-2-8-20-44)59-55(39-46)51-26-15-27-53-57(51)56-50-25-14-13-18-43(50)34-37-52(56)58(60-53)45-30-28-41(29-31-45)42-32-35-49(36-33-42)61(47-21-9-3-10-22-47)48-23-11-4-12-24-48/h1-39H. The maximum absolute atomic E-state index is 5.49. The monoisotopic (exact) mass is 777 g/mol. The first-order valence-corrected chi connectivity index (χ1v) is 20.7. The van der Waals surface area contributed by atoms with Crippen molar-refractivity contribution in [1.29, 1.82) is 0 Å². The maximum Gasteiger partial charge on any atom is 0.0788 e. The molecule has 11 rings (SSSR count). The number of para-hydroxylation sites is 2. The van der Waals surface area contributed by atoms with Crippen LogP contribution in [-0.4, -0.2) is 9.97 Å². The summed E-state index contributed by atoms with van der Waals surface area (Å²) in [6, 6.07) is 83.8. The van der Waals surface area contributed by atoms with Gasteiger partial charge in [0.05, 0.1) is 22.6 Å². The van der Waals surface area contributed by atoms with E-state index in [2.05, 4.69) is 235 Å². The van der Waals surface area contributed by atoms with Gasteiger partial charge in [-0.25, -0.2) is 9.97 Å².